The van der Waals surface area contributed by atoms with Crippen LogP contribution in [0.4, 0.5) is 17.1 Å². The Bertz CT molecular complexity index is 908. The van der Waals surface area contributed by atoms with E-state index in [1.165, 1.54) is 12.5 Å². The maximum absolute atomic E-state index is 13.3. The van der Waals surface area contributed by atoms with Crippen molar-refractivity contribution in [3.05, 3.63) is 54.1 Å². The quantitative estimate of drug-likeness (QED) is 0.802. The van der Waals surface area contributed by atoms with Crippen LogP contribution in [0.3, 0.4) is 0 Å². The molecule has 6 nitrogen and oxygen atoms in total. The van der Waals surface area contributed by atoms with Crippen LogP contribution in [0.25, 0.3) is 0 Å². The number of carbonyl (C=O) groups excluding carboxylic acids is 2. The molecule has 2 aromatic rings. The number of carbonyl (C=O) groups is 2. The first-order chi connectivity index (χ1) is 14.1. The Labute approximate surface area is 171 Å². The number of fused-ring (bicyclic) bond motifs is 1. The highest BCUT2D eigenvalue weighted by molar-refractivity contribution is 6.05. The third-order valence-corrected chi connectivity index (χ3v) is 5.67. The second-order valence-electron chi connectivity index (χ2n) is 7.64. The number of nitrogens with zero attached hydrogens (tertiary/aromatic N) is 3. The molecule has 1 fully saturated rings. The maximum Gasteiger partial charge on any atom is 0.247 e. The molecule has 2 aliphatic heterocycles. The average molecular weight is 393 g/mol. The highest BCUT2D eigenvalue weighted by Crippen LogP contribution is 2.34. The molecule has 1 atom stereocenters. The van der Waals surface area contributed by atoms with Crippen LogP contribution in [-0.2, 0) is 20.7 Å². The van der Waals surface area contributed by atoms with Gasteiger partial charge in [-0.25, -0.2) is 0 Å². The van der Waals surface area contributed by atoms with E-state index >= 15 is 0 Å². The fourth-order valence-electron chi connectivity index (χ4n) is 4.29. The average Bonchev–Trinajstić information content (AvgIpc) is 3.08. The molecule has 2 aliphatic rings. The van der Waals surface area contributed by atoms with Crippen molar-refractivity contribution in [2.24, 2.45) is 0 Å². The van der Waals surface area contributed by atoms with Crippen molar-refractivity contribution in [1.29, 1.82) is 0 Å². The predicted molar refractivity (Wildman–Crippen MR) is 115 cm³/mol. The van der Waals surface area contributed by atoms with Crippen molar-refractivity contribution in [3.8, 4) is 0 Å². The number of amides is 2. The summed E-state index contributed by atoms with van der Waals surface area (Å²) in [6.07, 6.45) is 0.840. The number of hydrogen-bond acceptors (Lipinski definition) is 4. The summed E-state index contributed by atoms with van der Waals surface area (Å²) in [5.74, 6) is -0.200. The van der Waals surface area contributed by atoms with Crippen molar-refractivity contribution in [3.63, 3.8) is 0 Å². The van der Waals surface area contributed by atoms with Gasteiger partial charge in [-0.05, 0) is 37.1 Å². The summed E-state index contributed by atoms with van der Waals surface area (Å²) in [4.78, 5) is 31.5. The van der Waals surface area contributed by atoms with Crippen LogP contribution < -0.4 is 14.7 Å². The molecule has 29 heavy (non-hydrogen) atoms. The molecule has 0 aromatic heterocycles. The fraction of sp³-hybridized carbons (Fsp3) is 0.391. The number of ether oxygens (including phenoxy) is 1. The molecule has 6 heteroatoms. The normalized spacial score (nSPS) is 18.5. The van der Waals surface area contributed by atoms with Crippen molar-refractivity contribution in [2.75, 3.05) is 47.5 Å². The van der Waals surface area contributed by atoms with Crippen LogP contribution in [0.15, 0.2) is 48.5 Å². The van der Waals surface area contributed by atoms with Crippen LogP contribution in [0, 0.1) is 0 Å². The molecule has 0 bridgehead atoms. The summed E-state index contributed by atoms with van der Waals surface area (Å²) in [6.45, 7) is 6.46. The first kappa shape index (κ1) is 19.5. The van der Waals surface area contributed by atoms with Gasteiger partial charge in [-0.2, -0.15) is 0 Å². The van der Waals surface area contributed by atoms with E-state index in [1.54, 1.807) is 4.90 Å². The molecule has 2 amide bonds. The minimum Gasteiger partial charge on any atom is -0.378 e. The summed E-state index contributed by atoms with van der Waals surface area (Å²) in [7, 11) is 0. The highest BCUT2D eigenvalue weighted by atomic mass is 16.5. The monoisotopic (exact) mass is 393 g/mol. The van der Waals surface area contributed by atoms with E-state index in [1.807, 2.05) is 47.4 Å². The summed E-state index contributed by atoms with van der Waals surface area (Å²) >= 11 is 0. The van der Waals surface area contributed by atoms with Crippen molar-refractivity contribution in [2.45, 2.75) is 26.3 Å². The molecule has 2 aromatic carbocycles. The largest absolute Gasteiger partial charge is 0.378 e. The van der Waals surface area contributed by atoms with Gasteiger partial charge in [-0.3, -0.25) is 9.59 Å². The van der Waals surface area contributed by atoms with Crippen molar-refractivity contribution in [1.82, 2.24) is 0 Å². The van der Waals surface area contributed by atoms with E-state index in [0.29, 0.717) is 13.2 Å². The van der Waals surface area contributed by atoms with Gasteiger partial charge in [0, 0.05) is 31.7 Å². The van der Waals surface area contributed by atoms with Crippen LogP contribution in [-0.4, -0.2) is 50.7 Å². The van der Waals surface area contributed by atoms with Gasteiger partial charge in [0.1, 0.15) is 6.54 Å². The molecular formula is C23H27N3O3. The molecular weight excluding hydrogens is 366 g/mol. The first-order valence-corrected chi connectivity index (χ1v) is 10.2. The zero-order chi connectivity index (χ0) is 20.4. The highest BCUT2D eigenvalue weighted by Gasteiger charge is 2.32. The number of hydrogen-bond donors (Lipinski definition) is 0. The Balaban J connectivity index is 1.61. The Hall–Kier alpha value is -2.86. The Morgan fingerprint density at radius 2 is 1.69 bits per heavy atom. The van der Waals surface area contributed by atoms with E-state index in [9.17, 15) is 9.59 Å². The molecule has 1 unspecified atom stereocenters. The smallest absolute Gasteiger partial charge is 0.247 e. The van der Waals surface area contributed by atoms with Crippen LogP contribution >= 0.6 is 0 Å². The van der Waals surface area contributed by atoms with Gasteiger partial charge in [-0.15, -0.1) is 0 Å². The Morgan fingerprint density at radius 1 is 1.03 bits per heavy atom. The predicted octanol–water partition coefficient (Wildman–Crippen LogP) is 2.85. The van der Waals surface area contributed by atoms with E-state index in [-0.39, 0.29) is 24.4 Å². The van der Waals surface area contributed by atoms with E-state index < -0.39 is 0 Å². The molecule has 1 saturated heterocycles. The summed E-state index contributed by atoms with van der Waals surface area (Å²) in [5.41, 5.74) is 3.87. The molecule has 0 N–H and O–H groups in total. The van der Waals surface area contributed by atoms with Gasteiger partial charge in [0.2, 0.25) is 11.8 Å². The Kier molecular flexibility index (Phi) is 5.53. The van der Waals surface area contributed by atoms with Gasteiger partial charge >= 0.3 is 0 Å². The van der Waals surface area contributed by atoms with Gasteiger partial charge in [0.05, 0.1) is 24.6 Å². The number of para-hydroxylation sites is 3. The fourth-order valence-corrected chi connectivity index (χ4v) is 4.29. The van der Waals surface area contributed by atoms with Crippen molar-refractivity contribution < 1.29 is 14.3 Å². The summed E-state index contributed by atoms with van der Waals surface area (Å²) in [6, 6.07) is 15.9. The minimum absolute atomic E-state index is 0.0232. The topological polar surface area (TPSA) is 53.1 Å². The first-order valence-electron chi connectivity index (χ1n) is 10.2. The molecule has 152 valence electrons. The summed E-state index contributed by atoms with van der Waals surface area (Å²) in [5, 5.41) is 0. The van der Waals surface area contributed by atoms with Crippen LogP contribution in [0.2, 0.25) is 0 Å². The number of morpholine rings is 1. The van der Waals surface area contributed by atoms with Gasteiger partial charge in [0.25, 0.3) is 0 Å². The Morgan fingerprint density at radius 3 is 2.41 bits per heavy atom. The second-order valence-corrected chi connectivity index (χ2v) is 7.64. The number of anilines is 3. The molecule has 0 spiro atoms. The van der Waals surface area contributed by atoms with Gasteiger partial charge in [0.15, 0.2) is 0 Å². The lowest BCUT2D eigenvalue weighted by Gasteiger charge is -2.34. The third kappa shape index (κ3) is 3.85. The third-order valence-electron chi connectivity index (χ3n) is 5.67. The second kappa shape index (κ2) is 8.25. The van der Waals surface area contributed by atoms with E-state index in [0.717, 1.165) is 36.6 Å². The molecule has 0 saturated carbocycles. The number of benzene rings is 2. The van der Waals surface area contributed by atoms with E-state index in [2.05, 4.69) is 17.9 Å². The van der Waals surface area contributed by atoms with E-state index in [4.69, 9.17) is 4.74 Å². The molecule has 0 aliphatic carbocycles. The standard InChI is InChI=1S/C23H27N3O3/c1-17-15-19-7-3-4-8-20(19)26(17)23(28)16-25(18(2)27)22-10-6-5-9-21(22)24-11-13-29-14-12-24/h3-10,17H,11-16H2,1-2H3. The van der Waals surface area contributed by atoms with Gasteiger partial charge in [-0.1, -0.05) is 30.3 Å². The maximum atomic E-state index is 13.3. The summed E-state index contributed by atoms with van der Waals surface area (Å²) < 4.78 is 5.46. The SMILES string of the molecule is CC(=O)N(CC(=O)N1c2ccccc2CC1C)c1ccccc1N1CCOCC1. The molecule has 2 heterocycles. The van der Waals surface area contributed by atoms with Crippen LogP contribution in [0.1, 0.15) is 19.4 Å². The lowest BCUT2D eigenvalue weighted by atomic mass is 10.1. The molecule has 4 rings (SSSR count). The van der Waals surface area contributed by atoms with Crippen LogP contribution in [0.5, 0.6) is 0 Å². The lowest BCUT2D eigenvalue weighted by molar-refractivity contribution is -0.121. The minimum atomic E-state index is -0.140. The number of rotatable bonds is 4. The lowest BCUT2D eigenvalue weighted by Crippen LogP contribution is -2.45. The molecule has 0 radical (unpaired) electrons. The zero-order valence-electron chi connectivity index (χ0n) is 17.0. The van der Waals surface area contributed by atoms with Gasteiger partial charge < -0.3 is 19.4 Å². The van der Waals surface area contributed by atoms with Crippen molar-refractivity contribution >= 4 is 28.9 Å². The zero-order valence-corrected chi connectivity index (χ0v) is 17.0.